The maximum Gasteiger partial charge on any atom is 0.251 e. The molecular formula is C19H30ClN3O2. The van der Waals surface area contributed by atoms with Crippen LogP contribution in [0.1, 0.15) is 49.0 Å². The van der Waals surface area contributed by atoms with Gasteiger partial charge in [0.25, 0.3) is 5.91 Å². The maximum absolute atomic E-state index is 12.3. The average Bonchev–Trinajstić information content (AvgIpc) is 2.54. The molecule has 1 aliphatic heterocycles. The quantitative estimate of drug-likeness (QED) is 0.723. The summed E-state index contributed by atoms with van der Waals surface area (Å²) in [4.78, 5) is 24.2. The molecule has 0 spiro atoms. The van der Waals surface area contributed by atoms with Crippen molar-refractivity contribution in [3.05, 3.63) is 29.3 Å². The highest BCUT2D eigenvalue weighted by Crippen LogP contribution is 2.18. The smallest absolute Gasteiger partial charge is 0.251 e. The van der Waals surface area contributed by atoms with Crippen molar-refractivity contribution in [3.63, 3.8) is 0 Å². The normalized spacial score (nSPS) is 16.9. The first kappa shape index (κ1) is 21.5. The van der Waals surface area contributed by atoms with Crippen LogP contribution in [0.5, 0.6) is 0 Å². The number of carbonyl (C=O) groups is 2. The highest BCUT2D eigenvalue weighted by Gasteiger charge is 2.15. The number of piperidine rings is 1. The van der Waals surface area contributed by atoms with Gasteiger partial charge in [-0.15, -0.1) is 12.4 Å². The zero-order valence-corrected chi connectivity index (χ0v) is 16.2. The number of benzene rings is 1. The van der Waals surface area contributed by atoms with Crippen molar-refractivity contribution in [3.8, 4) is 0 Å². The fourth-order valence-electron chi connectivity index (χ4n) is 2.95. The number of hydrogen-bond donors (Lipinski definition) is 3. The number of carbonyl (C=O) groups excluding carboxylic acids is 2. The van der Waals surface area contributed by atoms with Gasteiger partial charge in [-0.2, -0.15) is 0 Å². The summed E-state index contributed by atoms with van der Waals surface area (Å²) in [6.45, 7) is 8.70. The van der Waals surface area contributed by atoms with Gasteiger partial charge in [0.05, 0.1) is 0 Å². The van der Waals surface area contributed by atoms with Crippen LogP contribution in [0.3, 0.4) is 0 Å². The predicted molar refractivity (Wildman–Crippen MR) is 104 cm³/mol. The molecule has 25 heavy (non-hydrogen) atoms. The zero-order valence-electron chi connectivity index (χ0n) is 15.4. The number of amides is 2. The molecule has 1 aromatic carbocycles. The zero-order chi connectivity index (χ0) is 17.5. The first-order valence-corrected chi connectivity index (χ1v) is 8.85. The highest BCUT2D eigenvalue weighted by molar-refractivity contribution is 5.96. The van der Waals surface area contributed by atoms with Crippen LogP contribution in [-0.4, -0.2) is 31.4 Å². The topological polar surface area (TPSA) is 70.2 Å². The van der Waals surface area contributed by atoms with Crippen molar-refractivity contribution in [2.45, 2.75) is 40.0 Å². The molecule has 3 N–H and O–H groups in total. The van der Waals surface area contributed by atoms with E-state index in [1.165, 1.54) is 6.42 Å². The molecule has 1 atom stereocenters. The third-order valence-corrected chi connectivity index (χ3v) is 4.31. The van der Waals surface area contributed by atoms with Crippen LogP contribution in [0.15, 0.2) is 18.2 Å². The van der Waals surface area contributed by atoms with Crippen molar-refractivity contribution in [2.75, 3.05) is 25.0 Å². The van der Waals surface area contributed by atoms with E-state index >= 15 is 0 Å². The van der Waals surface area contributed by atoms with Crippen molar-refractivity contribution < 1.29 is 9.59 Å². The number of nitrogens with one attached hydrogen (secondary N) is 3. The molecule has 1 fully saturated rings. The van der Waals surface area contributed by atoms with E-state index < -0.39 is 0 Å². The Balaban J connectivity index is 0.00000312. The van der Waals surface area contributed by atoms with Crippen molar-refractivity contribution in [1.82, 2.24) is 10.6 Å². The Hall–Kier alpha value is -1.59. The molecule has 0 bridgehead atoms. The lowest BCUT2D eigenvalue weighted by Crippen LogP contribution is -2.38. The molecule has 1 unspecified atom stereocenters. The molecule has 0 aromatic heterocycles. The molecule has 0 saturated carbocycles. The summed E-state index contributed by atoms with van der Waals surface area (Å²) in [5, 5.41) is 9.28. The van der Waals surface area contributed by atoms with Crippen LogP contribution in [0.2, 0.25) is 0 Å². The van der Waals surface area contributed by atoms with Crippen LogP contribution in [-0.2, 0) is 4.79 Å². The van der Waals surface area contributed by atoms with Gasteiger partial charge in [-0.3, -0.25) is 9.59 Å². The van der Waals surface area contributed by atoms with E-state index in [0.29, 0.717) is 30.4 Å². The summed E-state index contributed by atoms with van der Waals surface area (Å²) >= 11 is 0. The Morgan fingerprint density at radius 3 is 2.68 bits per heavy atom. The first-order chi connectivity index (χ1) is 11.5. The van der Waals surface area contributed by atoms with Crippen molar-refractivity contribution in [1.29, 1.82) is 0 Å². The average molecular weight is 368 g/mol. The molecular weight excluding hydrogens is 338 g/mol. The van der Waals surface area contributed by atoms with Gasteiger partial charge >= 0.3 is 0 Å². The lowest BCUT2D eigenvalue weighted by atomic mass is 9.99. The number of aryl methyl sites for hydroxylation is 1. The van der Waals surface area contributed by atoms with E-state index in [0.717, 1.165) is 30.8 Å². The highest BCUT2D eigenvalue weighted by atomic mass is 35.5. The molecule has 1 aliphatic rings. The Kier molecular flexibility index (Phi) is 8.93. The largest absolute Gasteiger partial charge is 0.352 e. The first-order valence-electron chi connectivity index (χ1n) is 8.85. The SMILES string of the molecule is Cc1cc(C(=O)NCC2CCCNC2)ccc1NC(=O)CC(C)C.Cl. The van der Waals surface area contributed by atoms with Crippen molar-refractivity contribution >= 4 is 29.9 Å². The van der Waals surface area contributed by atoms with Gasteiger partial charge in [-0.05, 0) is 68.5 Å². The van der Waals surface area contributed by atoms with Gasteiger partial charge in [-0.1, -0.05) is 13.8 Å². The summed E-state index contributed by atoms with van der Waals surface area (Å²) in [5.74, 6) is 0.793. The number of anilines is 1. The van der Waals surface area contributed by atoms with E-state index in [-0.39, 0.29) is 24.2 Å². The monoisotopic (exact) mass is 367 g/mol. The molecule has 1 heterocycles. The van der Waals surface area contributed by atoms with E-state index in [1.54, 1.807) is 6.07 Å². The second kappa shape index (κ2) is 10.4. The molecule has 5 nitrogen and oxygen atoms in total. The molecule has 1 aromatic rings. The minimum absolute atomic E-state index is 0. The molecule has 1 saturated heterocycles. The maximum atomic E-state index is 12.3. The lowest BCUT2D eigenvalue weighted by Gasteiger charge is -2.22. The Bertz CT molecular complexity index is 584. The van der Waals surface area contributed by atoms with Crippen LogP contribution in [0, 0.1) is 18.8 Å². The predicted octanol–water partition coefficient (Wildman–Crippen LogP) is 3.13. The van der Waals surface area contributed by atoms with Crippen LogP contribution < -0.4 is 16.0 Å². The third kappa shape index (κ3) is 7.04. The summed E-state index contributed by atoms with van der Waals surface area (Å²) in [6, 6.07) is 5.41. The fraction of sp³-hybridized carbons (Fsp3) is 0.579. The van der Waals surface area contributed by atoms with E-state index in [2.05, 4.69) is 16.0 Å². The van der Waals surface area contributed by atoms with Gasteiger partial charge in [0.1, 0.15) is 0 Å². The van der Waals surface area contributed by atoms with Gasteiger partial charge in [0.15, 0.2) is 0 Å². The Morgan fingerprint density at radius 1 is 1.32 bits per heavy atom. The molecule has 0 aliphatic carbocycles. The fourth-order valence-corrected chi connectivity index (χ4v) is 2.95. The summed E-state index contributed by atoms with van der Waals surface area (Å²) in [7, 11) is 0. The number of rotatable bonds is 6. The van der Waals surface area contributed by atoms with E-state index in [9.17, 15) is 9.59 Å². The molecule has 6 heteroatoms. The minimum Gasteiger partial charge on any atom is -0.352 e. The third-order valence-electron chi connectivity index (χ3n) is 4.31. The van der Waals surface area contributed by atoms with Crippen LogP contribution in [0.25, 0.3) is 0 Å². The minimum atomic E-state index is -0.0521. The molecule has 140 valence electrons. The van der Waals surface area contributed by atoms with Crippen LogP contribution >= 0.6 is 12.4 Å². The van der Waals surface area contributed by atoms with Gasteiger partial charge in [0, 0.05) is 24.2 Å². The summed E-state index contributed by atoms with van der Waals surface area (Å²) < 4.78 is 0. The summed E-state index contributed by atoms with van der Waals surface area (Å²) in [6.07, 6.45) is 2.83. The van der Waals surface area contributed by atoms with E-state index in [4.69, 9.17) is 0 Å². The molecule has 2 rings (SSSR count). The van der Waals surface area contributed by atoms with Gasteiger partial charge in [0.2, 0.25) is 5.91 Å². The van der Waals surface area contributed by atoms with Crippen molar-refractivity contribution in [2.24, 2.45) is 11.8 Å². The van der Waals surface area contributed by atoms with Gasteiger partial charge in [-0.25, -0.2) is 0 Å². The Morgan fingerprint density at radius 2 is 2.08 bits per heavy atom. The van der Waals surface area contributed by atoms with E-state index in [1.807, 2.05) is 32.9 Å². The second-order valence-electron chi connectivity index (χ2n) is 7.10. The summed E-state index contributed by atoms with van der Waals surface area (Å²) in [5.41, 5.74) is 2.31. The Labute approximate surface area is 156 Å². The number of halogens is 1. The number of hydrogen-bond acceptors (Lipinski definition) is 3. The standard InChI is InChI=1S/C19H29N3O2.ClH/c1-13(2)9-18(23)22-17-7-6-16(10-14(17)3)19(24)21-12-15-5-4-8-20-11-15;/h6-7,10,13,15,20H,4-5,8-9,11-12H2,1-3H3,(H,21,24)(H,22,23);1H. The molecule has 0 radical (unpaired) electrons. The molecule has 2 amide bonds. The lowest BCUT2D eigenvalue weighted by molar-refractivity contribution is -0.116. The van der Waals surface area contributed by atoms with Crippen LogP contribution in [0.4, 0.5) is 5.69 Å². The second-order valence-corrected chi connectivity index (χ2v) is 7.10. The van der Waals surface area contributed by atoms with Gasteiger partial charge < -0.3 is 16.0 Å².